The lowest BCUT2D eigenvalue weighted by Gasteiger charge is -2.18. The van der Waals surface area contributed by atoms with Crippen LogP contribution in [0.2, 0.25) is 5.02 Å². The molecule has 1 saturated heterocycles. The minimum absolute atomic E-state index is 0.00389. The number of hydrogen-bond donors (Lipinski definition) is 0. The molecule has 4 nitrogen and oxygen atoms in total. The van der Waals surface area contributed by atoms with E-state index in [0.717, 1.165) is 28.1 Å². The van der Waals surface area contributed by atoms with Crippen molar-refractivity contribution in [2.24, 2.45) is 10.9 Å². The highest BCUT2D eigenvalue weighted by atomic mass is 35.5. The maximum absolute atomic E-state index is 13.3. The van der Waals surface area contributed by atoms with E-state index in [1.807, 2.05) is 37.3 Å². The number of carbonyl (C=O) groups is 1. The van der Waals surface area contributed by atoms with Crippen molar-refractivity contribution in [2.45, 2.75) is 47.5 Å². The number of amidine groups is 1. The summed E-state index contributed by atoms with van der Waals surface area (Å²) in [6, 6.07) is 11.6. The van der Waals surface area contributed by atoms with E-state index in [4.69, 9.17) is 21.3 Å². The second kappa shape index (κ2) is 10.6. The number of hydrogen-bond acceptors (Lipinski definition) is 4. The van der Waals surface area contributed by atoms with E-state index >= 15 is 0 Å². The first-order valence-electron chi connectivity index (χ1n) is 11.0. The first kappa shape index (κ1) is 24.4. The van der Waals surface area contributed by atoms with Crippen molar-refractivity contribution in [3.8, 4) is 5.75 Å². The predicted molar refractivity (Wildman–Crippen MR) is 137 cm³/mol. The summed E-state index contributed by atoms with van der Waals surface area (Å²) in [7, 11) is 0. The highest BCUT2D eigenvalue weighted by Crippen LogP contribution is 2.37. The van der Waals surface area contributed by atoms with Gasteiger partial charge in [-0.15, -0.1) is 0 Å². The molecule has 0 unspecified atom stereocenters. The second-order valence-corrected chi connectivity index (χ2v) is 10.1. The topological polar surface area (TPSA) is 41.9 Å². The Labute approximate surface area is 200 Å². The van der Waals surface area contributed by atoms with E-state index in [0.29, 0.717) is 40.1 Å². The number of nitrogens with zero attached hydrogens (tertiary/aromatic N) is 2. The van der Waals surface area contributed by atoms with Crippen molar-refractivity contribution in [2.75, 3.05) is 13.2 Å². The molecular weight excluding hydrogens is 440 g/mol. The molecule has 1 fully saturated rings. The van der Waals surface area contributed by atoms with Gasteiger partial charge < -0.3 is 4.74 Å². The van der Waals surface area contributed by atoms with Crippen molar-refractivity contribution in [3.05, 3.63) is 63.0 Å². The van der Waals surface area contributed by atoms with Crippen molar-refractivity contribution >= 4 is 46.2 Å². The number of aryl methyl sites for hydroxylation is 1. The van der Waals surface area contributed by atoms with Crippen LogP contribution in [-0.2, 0) is 4.79 Å². The van der Waals surface area contributed by atoms with Gasteiger partial charge in [-0.2, -0.15) is 0 Å². The number of thioether (sulfide) groups is 1. The van der Waals surface area contributed by atoms with Gasteiger partial charge in [-0.3, -0.25) is 9.69 Å². The maximum Gasteiger partial charge on any atom is 0.266 e. The molecule has 0 saturated carbocycles. The molecular formula is C26H31ClN2O2S. The summed E-state index contributed by atoms with van der Waals surface area (Å²) in [6.07, 6.45) is 1.99. The lowest BCUT2D eigenvalue weighted by Crippen LogP contribution is -2.32. The van der Waals surface area contributed by atoms with Crippen LogP contribution in [0.3, 0.4) is 0 Å². The van der Waals surface area contributed by atoms with E-state index in [1.165, 1.54) is 11.8 Å². The lowest BCUT2D eigenvalue weighted by molar-refractivity contribution is -0.122. The summed E-state index contributed by atoms with van der Waals surface area (Å²) in [5, 5.41) is 1.36. The summed E-state index contributed by atoms with van der Waals surface area (Å²) in [6.45, 7) is 13.8. The molecule has 0 bridgehead atoms. The fraction of sp³-hybridized carbons (Fsp3) is 0.385. The van der Waals surface area contributed by atoms with Crippen LogP contribution in [0, 0.1) is 12.8 Å². The average molecular weight is 471 g/mol. The molecule has 1 heterocycles. The minimum Gasteiger partial charge on any atom is -0.494 e. The quantitative estimate of drug-likeness (QED) is 0.395. The standard InChI is InChI=1S/C26H31ClN2O2S/c1-7-31-23-12-18(6)19(13-22(23)17(4)5)14-24-25(30)29(15-16(2)3)26(32-24)28-21-10-8-20(27)9-11-21/h8-14,16-17H,7,15H2,1-6H3/b24-14-,28-26?. The Kier molecular flexibility index (Phi) is 8.07. The Morgan fingerprint density at radius 2 is 1.84 bits per heavy atom. The SMILES string of the molecule is CCOc1cc(C)c(/C=C2\SC(=Nc3ccc(Cl)cc3)N(CC(C)C)C2=O)cc1C(C)C. The largest absolute Gasteiger partial charge is 0.494 e. The highest BCUT2D eigenvalue weighted by molar-refractivity contribution is 8.18. The van der Waals surface area contributed by atoms with Gasteiger partial charge in [0.05, 0.1) is 17.2 Å². The average Bonchev–Trinajstić information content (AvgIpc) is 3.00. The van der Waals surface area contributed by atoms with Crippen LogP contribution in [0.15, 0.2) is 46.3 Å². The molecule has 0 spiro atoms. The monoisotopic (exact) mass is 470 g/mol. The Bertz CT molecular complexity index is 1040. The molecule has 32 heavy (non-hydrogen) atoms. The molecule has 1 amide bonds. The number of aliphatic imine (C=N–C) groups is 1. The van der Waals surface area contributed by atoms with Gasteiger partial charge in [-0.05, 0) is 96.6 Å². The summed E-state index contributed by atoms with van der Waals surface area (Å²) >= 11 is 7.43. The minimum atomic E-state index is -0.00389. The third-order valence-electron chi connectivity index (χ3n) is 5.09. The van der Waals surface area contributed by atoms with Crippen LogP contribution < -0.4 is 4.74 Å². The zero-order chi connectivity index (χ0) is 23.4. The van der Waals surface area contributed by atoms with Gasteiger partial charge in [-0.25, -0.2) is 4.99 Å². The molecule has 0 aliphatic carbocycles. The fourth-order valence-electron chi connectivity index (χ4n) is 3.49. The number of halogens is 1. The molecule has 2 aromatic rings. The number of carbonyl (C=O) groups excluding carboxylic acids is 1. The summed E-state index contributed by atoms with van der Waals surface area (Å²) in [4.78, 5) is 20.5. The van der Waals surface area contributed by atoms with Crippen LogP contribution in [0.4, 0.5) is 5.69 Å². The van der Waals surface area contributed by atoms with Gasteiger partial charge in [-0.1, -0.05) is 39.3 Å². The zero-order valence-electron chi connectivity index (χ0n) is 19.6. The van der Waals surface area contributed by atoms with Gasteiger partial charge in [0.15, 0.2) is 5.17 Å². The van der Waals surface area contributed by atoms with E-state index in [2.05, 4.69) is 46.8 Å². The Hall–Kier alpha value is -2.24. The van der Waals surface area contributed by atoms with Crippen molar-refractivity contribution in [1.29, 1.82) is 0 Å². The Morgan fingerprint density at radius 3 is 2.44 bits per heavy atom. The summed E-state index contributed by atoms with van der Waals surface area (Å²) < 4.78 is 5.85. The van der Waals surface area contributed by atoms with Crippen LogP contribution in [-0.4, -0.2) is 29.1 Å². The molecule has 0 aromatic heterocycles. The third-order valence-corrected chi connectivity index (χ3v) is 6.35. The molecule has 6 heteroatoms. The van der Waals surface area contributed by atoms with E-state index in [-0.39, 0.29) is 5.91 Å². The van der Waals surface area contributed by atoms with Crippen LogP contribution in [0.5, 0.6) is 5.75 Å². The number of ether oxygens (including phenoxy) is 1. The number of rotatable bonds is 7. The molecule has 170 valence electrons. The van der Waals surface area contributed by atoms with Crippen molar-refractivity contribution in [1.82, 2.24) is 4.90 Å². The van der Waals surface area contributed by atoms with E-state index in [9.17, 15) is 4.79 Å². The number of amides is 1. The number of benzene rings is 2. The second-order valence-electron chi connectivity index (χ2n) is 8.63. The normalized spacial score (nSPS) is 16.8. The van der Waals surface area contributed by atoms with Gasteiger partial charge in [0.2, 0.25) is 0 Å². The molecule has 3 rings (SSSR count). The molecule has 1 aliphatic heterocycles. The smallest absolute Gasteiger partial charge is 0.266 e. The van der Waals surface area contributed by atoms with Crippen molar-refractivity contribution in [3.63, 3.8) is 0 Å². The van der Waals surface area contributed by atoms with Crippen LogP contribution in [0.25, 0.3) is 6.08 Å². The van der Waals surface area contributed by atoms with Crippen LogP contribution in [0.1, 0.15) is 57.2 Å². The molecule has 0 N–H and O–H groups in total. The first-order valence-corrected chi connectivity index (χ1v) is 12.2. The zero-order valence-corrected chi connectivity index (χ0v) is 21.2. The van der Waals surface area contributed by atoms with Crippen LogP contribution >= 0.6 is 23.4 Å². The highest BCUT2D eigenvalue weighted by Gasteiger charge is 2.34. The van der Waals surface area contributed by atoms with E-state index in [1.54, 1.807) is 4.90 Å². The molecule has 2 aromatic carbocycles. The Morgan fingerprint density at radius 1 is 1.16 bits per heavy atom. The molecule has 0 radical (unpaired) electrons. The first-order chi connectivity index (χ1) is 15.2. The van der Waals surface area contributed by atoms with Gasteiger partial charge in [0.1, 0.15) is 5.75 Å². The Balaban J connectivity index is 2.01. The van der Waals surface area contributed by atoms with Gasteiger partial charge >= 0.3 is 0 Å². The lowest BCUT2D eigenvalue weighted by atomic mass is 9.96. The fourth-order valence-corrected chi connectivity index (χ4v) is 4.61. The van der Waals surface area contributed by atoms with Gasteiger partial charge in [0.25, 0.3) is 5.91 Å². The predicted octanol–water partition coefficient (Wildman–Crippen LogP) is 7.43. The third kappa shape index (κ3) is 5.76. The van der Waals surface area contributed by atoms with Gasteiger partial charge in [0, 0.05) is 11.6 Å². The van der Waals surface area contributed by atoms with Crippen molar-refractivity contribution < 1.29 is 9.53 Å². The summed E-state index contributed by atoms with van der Waals surface area (Å²) in [5.74, 6) is 1.56. The molecule has 1 aliphatic rings. The maximum atomic E-state index is 13.3. The summed E-state index contributed by atoms with van der Waals surface area (Å²) in [5.41, 5.74) is 4.04. The van der Waals surface area contributed by atoms with E-state index < -0.39 is 0 Å². The molecule has 0 atom stereocenters.